The monoisotopic (exact) mass is 561 g/mol. The van der Waals surface area contributed by atoms with Gasteiger partial charge in [-0.3, -0.25) is 13.9 Å². The molecule has 3 aromatic rings. The Bertz CT molecular complexity index is 1400. The van der Waals surface area contributed by atoms with Gasteiger partial charge in [-0.05, 0) is 62.2 Å². The summed E-state index contributed by atoms with van der Waals surface area (Å²) in [6.45, 7) is 4.63. The van der Waals surface area contributed by atoms with E-state index in [2.05, 4.69) is 5.32 Å². The fraction of sp³-hybridized carbons (Fsp3) is 0.259. The van der Waals surface area contributed by atoms with Gasteiger partial charge in [0.2, 0.25) is 11.8 Å². The largest absolute Gasteiger partial charge is 0.357 e. The van der Waals surface area contributed by atoms with Gasteiger partial charge < -0.3 is 10.2 Å². The Morgan fingerprint density at radius 3 is 2.24 bits per heavy atom. The Labute approximate surface area is 228 Å². The van der Waals surface area contributed by atoms with Crippen molar-refractivity contribution in [1.29, 1.82) is 0 Å². The van der Waals surface area contributed by atoms with Crippen LogP contribution in [0.25, 0.3) is 0 Å². The number of aryl methyl sites for hydroxylation is 2. The van der Waals surface area contributed by atoms with Crippen molar-refractivity contribution in [1.82, 2.24) is 10.2 Å². The first-order chi connectivity index (χ1) is 17.4. The number of hydrogen-bond acceptors (Lipinski definition) is 4. The van der Waals surface area contributed by atoms with Crippen molar-refractivity contribution < 1.29 is 18.0 Å². The molecular weight excluding hydrogens is 533 g/mol. The number of amides is 2. The normalized spacial score (nSPS) is 12.1. The molecule has 7 nitrogen and oxygen atoms in total. The molecule has 0 aliphatic carbocycles. The van der Waals surface area contributed by atoms with E-state index < -0.39 is 34.4 Å². The zero-order valence-electron chi connectivity index (χ0n) is 21.0. The summed E-state index contributed by atoms with van der Waals surface area (Å²) in [4.78, 5) is 27.7. The van der Waals surface area contributed by atoms with Crippen molar-refractivity contribution in [3.8, 4) is 0 Å². The topological polar surface area (TPSA) is 86.8 Å². The molecule has 0 bridgehead atoms. The van der Waals surface area contributed by atoms with E-state index >= 15 is 0 Å². The number of sulfonamides is 1. The Morgan fingerprint density at radius 1 is 0.973 bits per heavy atom. The molecule has 0 saturated heterocycles. The molecule has 0 saturated carbocycles. The minimum absolute atomic E-state index is 0.0139. The molecule has 196 valence electrons. The first kappa shape index (κ1) is 28.5. The summed E-state index contributed by atoms with van der Waals surface area (Å²) in [7, 11) is -2.70. The van der Waals surface area contributed by atoms with E-state index in [4.69, 9.17) is 23.2 Å². The van der Waals surface area contributed by atoms with E-state index in [9.17, 15) is 18.0 Å². The molecule has 2 amide bonds. The maximum atomic E-state index is 13.8. The SMILES string of the molecule is CNC(=O)C(C)N(Cc1ccccc1Cl)C(=O)CN(c1cc(Cl)ccc1C)S(=O)(=O)c1ccc(C)cc1. The van der Waals surface area contributed by atoms with E-state index in [0.717, 1.165) is 9.87 Å². The molecule has 0 aromatic heterocycles. The van der Waals surface area contributed by atoms with Crippen molar-refractivity contribution in [2.45, 2.75) is 38.3 Å². The summed E-state index contributed by atoms with van der Waals surface area (Å²) in [6.07, 6.45) is 0. The third kappa shape index (κ3) is 6.63. The van der Waals surface area contributed by atoms with Crippen LogP contribution < -0.4 is 9.62 Å². The lowest BCUT2D eigenvalue weighted by Gasteiger charge is -2.32. The highest BCUT2D eigenvalue weighted by Crippen LogP contribution is 2.30. The molecule has 3 rings (SSSR count). The lowest BCUT2D eigenvalue weighted by Crippen LogP contribution is -2.50. The van der Waals surface area contributed by atoms with Gasteiger partial charge in [0.05, 0.1) is 10.6 Å². The quantitative estimate of drug-likeness (QED) is 0.399. The Morgan fingerprint density at radius 2 is 1.62 bits per heavy atom. The molecular formula is C27H29Cl2N3O4S. The molecule has 0 aliphatic heterocycles. The van der Waals surface area contributed by atoms with E-state index in [0.29, 0.717) is 21.2 Å². The third-order valence-electron chi connectivity index (χ3n) is 6.04. The van der Waals surface area contributed by atoms with Crippen molar-refractivity contribution in [3.63, 3.8) is 0 Å². The second kappa shape index (κ2) is 12.0. The Kier molecular flexibility index (Phi) is 9.23. The maximum absolute atomic E-state index is 13.8. The van der Waals surface area contributed by atoms with Gasteiger partial charge in [-0.25, -0.2) is 8.42 Å². The van der Waals surface area contributed by atoms with Gasteiger partial charge in [0.1, 0.15) is 12.6 Å². The van der Waals surface area contributed by atoms with Crippen LogP contribution in [0.5, 0.6) is 0 Å². The van der Waals surface area contributed by atoms with E-state index in [1.165, 1.54) is 30.1 Å². The smallest absolute Gasteiger partial charge is 0.264 e. The van der Waals surface area contributed by atoms with Gasteiger partial charge >= 0.3 is 0 Å². The predicted molar refractivity (Wildman–Crippen MR) is 147 cm³/mol. The minimum atomic E-state index is -4.17. The van der Waals surface area contributed by atoms with Gasteiger partial charge in [-0.1, -0.05) is 65.2 Å². The van der Waals surface area contributed by atoms with Crippen molar-refractivity contribution in [3.05, 3.63) is 93.5 Å². The van der Waals surface area contributed by atoms with Crippen LogP contribution in [-0.4, -0.2) is 44.8 Å². The summed E-state index contributed by atoms with van der Waals surface area (Å²) in [5.74, 6) is -0.974. The number of halogens is 2. The van der Waals surface area contributed by atoms with Crippen LogP contribution in [0.3, 0.4) is 0 Å². The molecule has 1 N–H and O–H groups in total. The second-order valence-electron chi connectivity index (χ2n) is 8.66. The number of carbonyl (C=O) groups is 2. The van der Waals surface area contributed by atoms with E-state index in [1.54, 1.807) is 62.4 Å². The fourth-order valence-corrected chi connectivity index (χ4v) is 5.64. The molecule has 1 atom stereocenters. The van der Waals surface area contributed by atoms with Gasteiger partial charge in [0.15, 0.2) is 0 Å². The average Bonchev–Trinajstić information content (AvgIpc) is 2.87. The first-order valence-electron chi connectivity index (χ1n) is 11.6. The number of likely N-dealkylation sites (N-methyl/N-ethyl adjacent to an activating group) is 1. The molecule has 0 spiro atoms. The summed E-state index contributed by atoms with van der Waals surface area (Å²) < 4.78 is 28.7. The molecule has 0 radical (unpaired) electrons. The number of nitrogens with one attached hydrogen (secondary N) is 1. The molecule has 0 fully saturated rings. The van der Waals surface area contributed by atoms with Gasteiger partial charge in [-0.2, -0.15) is 0 Å². The summed E-state index contributed by atoms with van der Waals surface area (Å²) in [6, 6.07) is 17.3. The maximum Gasteiger partial charge on any atom is 0.264 e. The molecule has 3 aromatic carbocycles. The zero-order valence-corrected chi connectivity index (χ0v) is 23.4. The predicted octanol–water partition coefficient (Wildman–Crippen LogP) is 4.97. The zero-order chi connectivity index (χ0) is 27.3. The summed E-state index contributed by atoms with van der Waals surface area (Å²) >= 11 is 12.6. The van der Waals surface area contributed by atoms with Crippen LogP contribution in [0, 0.1) is 13.8 Å². The van der Waals surface area contributed by atoms with Crippen LogP contribution in [-0.2, 0) is 26.2 Å². The summed E-state index contributed by atoms with van der Waals surface area (Å²) in [5.41, 5.74) is 2.41. The number of benzene rings is 3. The fourth-order valence-electron chi connectivity index (χ4n) is 3.80. The van der Waals surface area contributed by atoms with Gasteiger partial charge in [0.25, 0.3) is 10.0 Å². The first-order valence-corrected chi connectivity index (χ1v) is 13.7. The van der Waals surface area contributed by atoms with Crippen molar-refractivity contribution >= 4 is 50.7 Å². The molecule has 1 unspecified atom stereocenters. The van der Waals surface area contributed by atoms with E-state index in [-0.39, 0.29) is 17.1 Å². The molecule has 0 heterocycles. The second-order valence-corrected chi connectivity index (χ2v) is 11.4. The lowest BCUT2D eigenvalue weighted by molar-refractivity contribution is -0.139. The van der Waals surface area contributed by atoms with Crippen LogP contribution >= 0.6 is 23.2 Å². The Hall–Kier alpha value is -3.07. The van der Waals surface area contributed by atoms with Crippen molar-refractivity contribution in [2.24, 2.45) is 0 Å². The lowest BCUT2D eigenvalue weighted by atomic mass is 10.1. The number of nitrogens with zero attached hydrogens (tertiary/aromatic N) is 2. The van der Waals surface area contributed by atoms with Crippen LogP contribution in [0.1, 0.15) is 23.6 Å². The molecule has 0 aliphatic rings. The van der Waals surface area contributed by atoms with Gasteiger partial charge in [-0.15, -0.1) is 0 Å². The highest BCUT2D eigenvalue weighted by atomic mass is 35.5. The van der Waals surface area contributed by atoms with E-state index in [1.807, 2.05) is 6.92 Å². The third-order valence-corrected chi connectivity index (χ3v) is 8.42. The van der Waals surface area contributed by atoms with Crippen LogP contribution in [0.4, 0.5) is 5.69 Å². The number of anilines is 1. The number of hydrogen-bond donors (Lipinski definition) is 1. The molecule has 37 heavy (non-hydrogen) atoms. The number of carbonyl (C=O) groups excluding carboxylic acids is 2. The highest BCUT2D eigenvalue weighted by molar-refractivity contribution is 7.92. The standard InChI is InChI=1S/C27H29Cl2N3O4S/c1-18-9-13-23(14-10-18)37(35,36)32(25-15-22(28)12-11-19(25)2)17-26(33)31(20(3)27(34)30-4)16-21-7-5-6-8-24(21)29/h5-15,20H,16-17H2,1-4H3,(H,30,34). The minimum Gasteiger partial charge on any atom is -0.357 e. The Balaban J connectivity index is 2.09. The number of rotatable bonds is 9. The van der Waals surface area contributed by atoms with Crippen LogP contribution in [0.15, 0.2) is 71.6 Å². The summed E-state index contributed by atoms with van der Waals surface area (Å²) in [5, 5.41) is 3.30. The highest BCUT2D eigenvalue weighted by Gasteiger charge is 2.33. The van der Waals surface area contributed by atoms with Crippen molar-refractivity contribution in [2.75, 3.05) is 17.9 Å². The van der Waals surface area contributed by atoms with Crippen LogP contribution in [0.2, 0.25) is 10.0 Å². The average molecular weight is 563 g/mol. The van der Waals surface area contributed by atoms with Gasteiger partial charge in [0, 0.05) is 23.6 Å². The molecule has 10 heteroatoms.